The Bertz CT molecular complexity index is 492. The van der Waals surface area contributed by atoms with Gasteiger partial charge in [0.25, 0.3) is 0 Å². The van der Waals surface area contributed by atoms with Crippen LogP contribution in [0.1, 0.15) is 25.8 Å². The molecule has 1 aliphatic heterocycles. The zero-order chi connectivity index (χ0) is 14.7. The van der Waals surface area contributed by atoms with E-state index in [9.17, 15) is 0 Å². The fraction of sp³-hybridized carbons (Fsp3) is 0.533. The van der Waals surface area contributed by atoms with E-state index in [1.54, 1.807) is 7.11 Å². The first kappa shape index (κ1) is 14.5. The Labute approximate surface area is 120 Å². The number of oxime groups is 1. The van der Waals surface area contributed by atoms with E-state index in [1.807, 2.05) is 18.2 Å². The molecule has 1 aromatic rings. The van der Waals surface area contributed by atoms with Gasteiger partial charge in [0.1, 0.15) is 5.75 Å². The Morgan fingerprint density at radius 2 is 2.00 bits per heavy atom. The SMILES string of the molecule is COc1ccc(/C(N)=N/O)c(N2CC(C)CC(C)C2)c1. The zero-order valence-electron chi connectivity index (χ0n) is 12.3. The molecule has 2 unspecified atom stereocenters. The second-order valence-corrected chi connectivity index (χ2v) is 5.72. The van der Waals surface area contributed by atoms with Crippen LogP contribution in [-0.2, 0) is 0 Å². The van der Waals surface area contributed by atoms with Crippen molar-refractivity contribution in [3.8, 4) is 5.75 Å². The van der Waals surface area contributed by atoms with Gasteiger partial charge in [-0.2, -0.15) is 0 Å². The van der Waals surface area contributed by atoms with Crippen LogP contribution in [0.2, 0.25) is 0 Å². The van der Waals surface area contributed by atoms with Gasteiger partial charge in [-0.3, -0.25) is 0 Å². The molecule has 0 radical (unpaired) electrons. The molecule has 1 fully saturated rings. The molecule has 2 atom stereocenters. The van der Waals surface area contributed by atoms with Gasteiger partial charge in [0.2, 0.25) is 0 Å². The Kier molecular flexibility index (Phi) is 4.37. The Balaban J connectivity index is 2.41. The summed E-state index contributed by atoms with van der Waals surface area (Å²) in [6.45, 7) is 6.46. The van der Waals surface area contributed by atoms with Crippen molar-refractivity contribution in [3.63, 3.8) is 0 Å². The summed E-state index contributed by atoms with van der Waals surface area (Å²) < 4.78 is 5.30. The van der Waals surface area contributed by atoms with Gasteiger partial charge >= 0.3 is 0 Å². The fourth-order valence-corrected chi connectivity index (χ4v) is 3.03. The molecule has 0 aromatic heterocycles. The van der Waals surface area contributed by atoms with Gasteiger partial charge in [0.05, 0.1) is 12.8 Å². The van der Waals surface area contributed by atoms with Crippen LogP contribution in [0.4, 0.5) is 5.69 Å². The van der Waals surface area contributed by atoms with Gasteiger partial charge < -0.3 is 20.6 Å². The van der Waals surface area contributed by atoms with E-state index in [0.29, 0.717) is 11.8 Å². The van der Waals surface area contributed by atoms with Crippen molar-refractivity contribution in [1.29, 1.82) is 0 Å². The van der Waals surface area contributed by atoms with Crippen LogP contribution in [-0.4, -0.2) is 31.2 Å². The van der Waals surface area contributed by atoms with Crippen LogP contribution >= 0.6 is 0 Å². The quantitative estimate of drug-likeness (QED) is 0.385. The van der Waals surface area contributed by atoms with Gasteiger partial charge in [-0.15, -0.1) is 0 Å². The number of piperidine rings is 1. The van der Waals surface area contributed by atoms with Gasteiger partial charge in [0, 0.05) is 24.7 Å². The monoisotopic (exact) mass is 277 g/mol. The van der Waals surface area contributed by atoms with Gasteiger partial charge in [-0.25, -0.2) is 0 Å². The van der Waals surface area contributed by atoms with Gasteiger partial charge in [-0.05, 0) is 30.4 Å². The largest absolute Gasteiger partial charge is 0.497 e. The molecule has 20 heavy (non-hydrogen) atoms. The lowest BCUT2D eigenvalue weighted by molar-refractivity contribution is 0.318. The Morgan fingerprint density at radius 1 is 1.35 bits per heavy atom. The zero-order valence-corrected chi connectivity index (χ0v) is 12.3. The van der Waals surface area contributed by atoms with Gasteiger partial charge in [-0.1, -0.05) is 19.0 Å². The molecular formula is C15H23N3O2. The van der Waals surface area contributed by atoms with E-state index >= 15 is 0 Å². The van der Waals surface area contributed by atoms with Crippen molar-refractivity contribution in [1.82, 2.24) is 0 Å². The average molecular weight is 277 g/mol. The number of amidine groups is 1. The highest BCUT2D eigenvalue weighted by molar-refractivity contribution is 6.02. The number of ether oxygens (including phenoxy) is 1. The van der Waals surface area contributed by atoms with Crippen molar-refractivity contribution in [2.24, 2.45) is 22.7 Å². The maximum Gasteiger partial charge on any atom is 0.172 e. The lowest BCUT2D eigenvalue weighted by Crippen LogP contribution is -2.39. The van der Waals surface area contributed by atoms with Crippen molar-refractivity contribution in [3.05, 3.63) is 23.8 Å². The highest BCUT2D eigenvalue weighted by Gasteiger charge is 2.24. The Hall–Kier alpha value is -1.91. The van der Waals surface area contributed by atoms with E-state index in [4.69, 9.17) is 15.7 Å². The van der Waals surface area contributed by atoms with Crippen LogP contribution in [0.15, 0.2) is 23.4 Å². The van der Waals surface area contributed by atoms with Crippen LogP contribution in [0.3, 0.4) is 0 Å². The molecule has 0 spiro atoms. The maximum absolute atomic E-state index is 8.95. The first-order valence-electron chi connectivity index (χ1n) is 6.96. The molecule has 5 heteroatoms. The van der Waals surface area contributed by atoms with Crippen molar-refractivity contribution in [2.45, 2.75) is 20.3 Å². The molecule has 0 bridgehead atoms. The number of hydrogen-bond acceptors (Lipinski definition) is 4. The van der Waals surface area contributed by atoms with Crippen LogP contribution < -0.4 is 15.4 Å². The molecule has 5 nitrogen and oxygen atoms in total. The molecule has 1 aromatic carbocycles. The second kappa shape index (κ2) is 6.03. The van der Waals surface area contributed by atoms with Crippen molar-refractivity contribution in [2.75, 3.05) is 25.1 Å². The minimum absolute atomic E-state index is 0.133. The smallest absolute Gasteiger partial charge is 0.172 e. The molecular weight excluding hydrogens is 254 g/mol. The van der Waals surface area contributed by atoms with E-state index in [1.165, 1.54) is 6.42 Å². The van der Waals surface area contributed by atoms with Crippen LogP contribution in [0, 0.1) is 11.8 Å². The maximum atomic E-state index is 8.95. The Morgan fingerprint density at radius 3 is 2.55 bits per heavy atom. The molecule has 1 saturated heterocycles. The number of methoxy groups -OCH3 is 1. The second-order valence-electron chi connectivity index (χ2n) is 5.72. The van der Waals surface area contributed by atoms with Crippen LogP contribution in [0.25, 0.3) is 0 Å². The summed E-state index contributed by atoms with van der Waals surface area (Å²) in [6, 6.07) is 5.62. The third kappa shape index (κ3) is 2.98. The van der Waals surface area contributed by atoms with Crippen molar-refractivity contribution < 1.29 is 9.94 Å². The summed E-state index contributed by atoms with van der Waals surface area (Å²) >= 11 is 0. The topological polar surface area (TPSA) is 71.1 Å². The number of nitrogens with two attached hydrogens (primary N) is 1. The van der Waals surface area contributed by atoms with E-state index < -0.39 is 0 Å². The molecule has 1 heterocycles. The fourth-order valence-electron chi connectivity index (χ4n) is 3.03. The lowest BCUT2D eigenvalue weighted by atomic mass is 9.91. The number of benzene rings is 1. The molecule has 3 N–H and O–H groups in total. The lowest BCUT2D eigenvalue weighted by Gasteiger charge is -2.37. The highest BCUT2D eigenvalue weighted by Crippen LogP contribution is 2.31. The normalized spacial score (nSPS) is 23.8. The standard InChI is InChI=1S/C15H23N3O2/c1-10-6-11(2)9-18(8-10)14-7-12(20-3)4-5-13(14)15(16)17-19/h4-5,7,10-11,19H,6,8-9H2,1-3H3,(H2,16,17). The van der Waals surface area contributed by atoms with Crippen LogP contribution in [0.5, 0.6) is 5.75 Å². The summed E-state index contributed by atoms with van der Waals surface area (Å²) in [7, 11) is 1.64. The molecule has 1 aliphatic rings. The molecule has 110 valence electrons. The number of anilines is 1. The number of hydrogen-bond donors (Lipinski definition) is 2. The van der Waals surface area contributed by atoms with E-state index in [-0.39, 0.29) is 5.84 Å². The first-order valence-corrected chi connectivity index (χ1v) is 6.96. The minimum atomic E-state index is 0.133. The summed E-state index contributed by atoms with van der Waals surface area (Å²) in [5, 5.41) is 12.1. The predicted molar refractivity (Wildman–Crippen MR) is 80.7 cm³/mol. The van der Waals surface area contributed by atoms with Crippen molar-refractivity contribution >= 4 is 11.5 Å². The van der Waals surface area contributed by atoms with Gasteiger partial charge in [0.15, 0.2) is 5.84 Å². The molecule has 0 aliphatic carbocycles. The van der Waals surface area contributed by atoms with E-state index in [2.05, 4.69) is 23.9 Å². The highest BCUT2D eigenvalue weighted by atomic mass is 16.5. The average Bonchev–Trinajstić information content (AvgIpc) is 2.44. The molecule has 0 amide bonds. The number of rotatable bonds is 3. The third-order valence-corrected chi connectivity index (χ3v) is 3.80. The summed E-state index contributed by atoms with van der Waals surface area (Å²) in [5.74, 6) is 2.17. The predicted octanol–water partition coefficient (Wildman–Crippen LogP) is 2.27. The van der Waals surface area contributed by atoms with E-state index in [0.717, 1.165) is 30.1 Å². The molecule has 0 saturated carbocycles. The first-order chi connectivity index (χ1) is 9.55. The minimum Gasteiger partial charge on any atom is -0.497 e. The summed E-state index contributed by atoms with van der Waals surface area (Å²) in [4.78, 5) is 2.30. The summed E-state index contributed by atoms with van der Waals surface area (Å²) in [6.07, 6.45) is 1.24. The summed E-state index contributed by atoms with van der Waals surface area (Å²) in [5.41, 5.74) is 7.51. The number of nitrogens with zero attached hydrogens (tertiary/aromatic N) is 2. The molecule has 2 rings (SSSR count). The third-order valence-electron chi connectivity index (χ3n) is 3.80.